The average Bonchev–Trinajstić information content (AvgIpc) is 3.19. The van der Waals surface area contributed by atoms with Crippen molar-refractivity contribution < 1.29 is 119 Å². The molecule has 0 aromatic carbocycles. The van der Waals surface area contributed by atoms with E-state index in [4.69, 9.17) is 28.4 Å². The first-order chi connectivity index (χ1) is 28.1. The van der Waals surface area contributed by atoms with Gasteiger partial charge in [0, 0.05) is 27.2 Å². The average molecular weight is 880 g/mol. The van der Waals surface area contributed by atoms with Gasteiger partial charge in [0.15, 0.2) is 12.6 Å². The van der Waals surface area contributed by atoms with Crippen molar-refractivity contribution in [3.63, 3.8) is 0 Å². The summed E-state index contributed by atoms with van der Waals surface area (Å²) in [4.78, 5) is 48.7. The van der Waals surface area contributed by atoms with Gasteiger partial charge in [0.25, 0.3) is 5.79 Å². The predicted octanol–water partition coefficient (Wildman–Crippen LogP) is -10.5. The Kier molecular flexibility index (Phi) is 19.3. The van der Waals surface area contributed by atoms with Gasteiger partial charge in [0.2, 0.25) is 17.7 Å². The maximum Gasteiger partial charge on any atom is 0.364 e. The van der Waals surface area contributed by atoms with E-state index in [9.17, 15) is 90.7 Å². The molecule has 27 heteroatoms. The van der Waals surface area contributed by atoms with Crippen molar-refractivity contribution in [2.24, 2.45) is 0 Å². The Balaban J connectivity index is 1.96. The summed E-state index contributed by atoms with van der Waals surface area (Å²) in [5.74, 6) is -7.56. The normalized spacial score (nSPS) is 37.8. The molecule has 3 aliphatic heterocycles. The van der Waals surface area contributed by atoms with Crippen LogP contribution in [0.5, 0.6) is 0 Å². The number of carboxylic acids is 1. The van der Waals surface area contributed by atoms with E-state index in [1.807, 2.05) is 0 Å². The second kappa shape index (κ2) is 22.5. The summed E-state index contributed by atoms with van der Waals surface area (Å²) in [7, 11) is 0. The minimum Gasteiger partial charge on any atom is -0.477 e. The van der Waals surface area contributed by atoms with E-state index in [2.05, 4.69) is 16.0 Å². The number of nitrogens with one attached hydrogen (secondary N) is 3. The summed E-state index contributed by atoms with van der Waals surface area (Å²) >= 11 is 0. The number of hydrogen-bond donors (Lipinski definition) is 17. The van der Waals surface area contributed by atoms with Crippen LogP contribution in [0.3, 0.4) is 0 Å². The molecule has 20 atom stereocenters. The molecule has 27 nitrogen and oxygen atoms in total. The quantitative estimate of drug-likeness (QED) is 0.0540. The number of carboxylic acid groups (broad SMARTS) is 1. The Labute approximate surface area is 340 Å². The van der Waals surface area contributed by atoms with Gasteiger partial charge in [-0.2, -0.15) is 0 Å². The Hall–Kier alpha value is -2.88. The van der Waals surface area contributed by atoms with Crippen LogP contribution >= 0.6 is 0 Å². The second-order valence-corrected chi connectivity index (χ2v) is 14.6. The largest absolute Gasteiger partial charge is 0.477 e. The molecular weight excluding hydrogens is 822 g/mol. The molecule has 0 unspecified atom stereocenters. The van der Waals surface area contributed by atoms with Crippen LogP contribution in [0.4, 0.5) is 0 Å². The second-order valence-electron chi connectivity index (χ2n) is 14.6. The lowest BCUT2D eigenvalue weighted by molar-refractivity contribution is -0.375. The monoisotopic (exact) mass is 879 g/mol. The van der Waals surface area contributed by atoms with Crippen LogP contribution < -0.4 is 16.0 Å². The van der Waals surface area contributed by atoms with Crippen LogP contribution in [-0.4, -0.2) is 250 Å². The van der Waals surface area contributed by atoms with Crippen LogP contribution in [0.1, 0.15) is 27.2 Å². The van der Waals surface area contributed by atoms with E-state index in [1.54, 1.807) is 0 Å². The van der Waals surface area contributed by atoms with E-state index in [1.165, 1.54) is 0 Å². The summed E-state index contributed by atoms with van der Waals surface area (Å²) in [5.41, 5.74) is 0. The number of aliphatic carboxylic acids is 1. The van der Waals surface area contributed by atoms with Gasteiger partial charge in [-0.05, 0) is 0 Å². The molecule has 0 spiro atoms. The first kappa shape index (κ1) is 51.5. The summed E-state index contributed by atoms with van der Waals surface area (Å²) in [5, 5.41) is 154. The fraction of sp³-hybridized carbons (Fsp3) is 0.879. The third kappa shape index (κ3) is 12.2. The SMILES string of the molecule is CC(=O)N[C@H]1[C@H](OC[C@@H](O)[C@H](O)[C@H](O[C@@H]2O[C@H](CO)[C@H](O)[C@H](O[C@]3(C(=O)O)C[C@H](O)[C@@H](NC(C)=O)[C@H]([C@H](O)[C@H](O)CO)O3)[C@H]2O)[C@H](CO)NC(C)=O)O[C@H](CO)[C@@H](O)[C@@H]1O. The Morgan fingerprint density at radius 1 is 0.733 bits per heavy atom. The van der Waals surface area contributed by atoms with E-state index < -0.39 is 185 Å². The van der Waals surface area contributed by atoms with E-state index in [0.29, 0.717) is 0 Å². The van der Waals surface area contributed by atoms with Gasteiger partial charge in [-0.1, -0.05) is 0 Å². The Morgan fingerprint density at radius 2 is 1.30 bits per heavy atom. The first-order valence-corrected chi connectivity index (χ1v) is 18.6. The minimum absolute atomic E-state index is 0.715. The van der Waals surface area contributed by atoms with E-state index in [0.717, 1.165) is 20.8 Å². The number of hydrogen-bond acceptors (Lipinski definition) is 23. The molecule has 3 amide bonds. The molecule has 3 heterocycles. The summed E-state index contributed by atoms with van der Waals surface area (Å²) in [6.07, 6.45) is -33.3. The highest BCUT2D eigenvalue weighted by Crippen LogP contribution is 2.38. The number of rotatable bonds is 20. The van der Waals surface area contributed by atoms with Crippen molar-refractivity contribution in [1.82, 2.24) is 16.0 Å². The zero-order chi connectivity index (χ0) is 45.4. The maximum atomic E-state index is 12.8. The Morgan fingerprint density at radius 3 is 1.82 bits per heavy atom. The molecule has 348 valence electrons. The van der Waals surface area contributed by atoms with Crippen molar-refractivity contribution in [3.05, 3.63) is 0 Å². The number of carbonyl (C=O) groups excluding carboxylic acids is 3. The molecule has 3 aliphatic rings. The van der Waals surface area contributed by atoms with Gasteiger partial charge in [0.1, 0.15) is 85.4 Å². The summed E-state index contributed by atoms with van der Waals surface area (Å²) in [6, 6.07) is -4.79. The van der Waals surface area contributed by atoms with Gasteiger partial charge >= 0.3 is 5.97 Å². The van der Waals surface area contributed by atoms with Crippen molar-refractivity contribution in [2.45, 2.75) is 149 Å². The maximum absolute atomic E-state index is 12.8. The number of aliphatic hydroxyl groups excluding tert-OH is 13. The molecule has 17 N–H and O–H groups in total. The fourth-order valence-electron chi connectivity index (χ4n) is 6.96. The molecule has 0 bridgehead atoms. The lowest BCUT2D eigenvalue weighted by atomic mass is 9.88. The smallest absolute Gasteiger partial charge is 0.364 e. The van der Waals surface area contributed by atoms with Crippen LogP contribution in [0, 0.1) is 0 Å². The minimum atomic E-state index is -3.16. The van der Waals surface area contributed by atoms with Crippen LogP contribution in [0.25, 0.3) is 0 Å². The third-order valence-electron chi connectivity index (χ3n) is 10.0. The first-order valence-electron chi connectivity index (χ1n) is 18.6. The standard InChI is InChI=1S/C33H57N3O24/c1-10(41)34-13(5-37)27(22(48)16(46)9-55-30-20(36-12(3)43)25(51)23(49)17(7-39)56-30)58-31-26(52)29(24(50)18(8-40)57-31)60-33(32(53)54)4-14(44)19(35-11(2)42)28(59-33)21(47)15(45)6-38/h13-31,37-40,44-52H,4-9H2,1-3H3,(H,34,41)(H,35,42)(H,36,43)(H,53,54)/t13-,14-,15+,16+,17+,18+,19+,20+,21+,22-,23+,24-,25+,26+,27+,28+,29-,30+,31-,33-/m0/s1. The predicted molar refractivity (Wildman–Crippen MR) is 188 cm³/mol. The zero-order valence-corrected chi connectivity index (χ0v) is 32.6. The highest BCUT2D eigenvalue weighted by atomic mass is 16.8. The third-order valence-corrected chi connectivity index (χ3v) is 10.0. The highest BCUT2D eigenvalue weighted by Gasteiger charge is 2.60. The molecule has 3 saturated heterocycles. The number of ether oxygens (including phenoxy) is 6. The molecule has 3 rings (SSSR count). The van der Waals surface area contributed by atoms with E-state index >= 15 is 0 Å². The van der Waals surface area contributed by atoms with Gasteiger partial charge in [-0.15, -0.1) is 0 Å². The van der Waals surface area contributed by atoms with Gasteiger partial charge < -0.3 is 116 Å². The topological polar surface area (TPSA) is 443 Å². The molecule has 0 aromatic rings. The number of aliphatic hydroxyl groups is 13. The molecule has 60 heavy (non-hydrogen) atoms. The lowest BCUT2D eigenvalue weighted by Crippen LogP contribution is -2.70. The molecule has 0 radical (unpaired) electrons. The summed E-state index contributed by atoms with van der Waals surface area (Å²) in [6.45, 7) is -1.99. The van der Waals surface area contributed by atoms with E-state index in [-0.39, 0.29) is 0 Å². The molecule has 0 saturated carbocycles. The van der Waals surface area contributed by atoms with Crippen molar-refractivity contribution in [2.75, 3.05) is 33.0 Å². The van der Waals surface area contributed by atoms with Crippen LogP contribution in [0.2, 0.25) is 0 Å². The molecule has 3 fully saturated rings. The fourth-order valence-corrected chi connectivity index (χ4v) is 6.96. The zero-order valence-electron chi connectivity index (χ0n) is 32.6. The molecule has 0 aromatic heterocycles. The van der Waals surface area contributed by atoms with Crippen molar-refractivity contribution >= 4 is 23.7 Å². The van der Waals surface area contributed by atoms with Crippen molar-refractivity contribution in [1.29, 1.82) is 0 Å². The highest BCUT2D eigenvalue weighted by molar-refractivity contribution is 5.77. The Bertz CT molecular complexity index is 1420. The van der Waals surface area contributed by atoms with Crippen LogP contribution in [0.15, 0.2) is 0 Å². The molecule has 0 aliphatic carbocycles. The lowest BCUT2D eigenvalue weighted by Gasteiger charge is -2.50. The van der Waals surface area contributed by atoms with Gasteiger partial charge in [-0.25, -0.2) is 4.79 Å². The van der Waals surface area contributed by atoms with Crippen LogP contribution in [-0.2, 0) is 47.6 Å². The van der Waals surface area contributed by atoms with Gasteiger partial charge in [0.05, 0.1) is 51.2 Å². The number of carbonyl (C=O) groups is 4. The molecular formula is C33H57N3O24. The summed E-state index contributed by atoms with van der Waals surface area (Å²) < 4.78 is 33.3. The number of amides is 3. The van der Waals surface area contributed by atoms with Crippen molar-refractivity contribution in [3.8, 4) is 0 Å². The van der Waals surface area contributed by atoms with Gasteiger partial charge in [-0.3, -0.25) is 14.4 Å².